The maximum atomic E-state index is 9.94. The first-order valence-electron chi connectivity index (χ1n) is 6.96. The van der Waals surface area contributed by atoms with Crippen LogP contribution in [0.4, 0.5) is 0 Å². The number of aliphatic hydroxyl groups is 3. The average molecular weight is 315 g/mol. The highest BCUT2D eigenvalue weighted by Gasteiger charge is 2.44. The molecular formula is C14H21NO7. The SMILES string of the molecule is NCCOC1OC(COc2ccc(O)cc2)C(O)C(O)C1O. The lowest BCUT2D eigenvalue weighted by atomic mass is 9.99. The number of phenolic OH excluding ortho intramolecular Hbond substituents is 1. The minimum Gasteiger partial charge on any atom is -0.508 e. The Morgan fingerprint density at radius 2 is 1.73 bits per heavy atom. The van der Waals surface area contributed by atoms with Crippen LogP contribution < -0.4 is 10.5 Å². The molecule has 0 saturated carbocycles. The summed E-state index contributed by atoms with van der Waals surface area (Å²) in [6.45, 7) is 0.328. The molecule has 1 fully saturated rings. The first-order valence-corrected chi connectivity index (χ1v) is 6.96. The van der Waals surface area contributed by atoms with Crippen molar-refractivity contribution in [3.63, 3.8) is 0 Å². The van der Waals surface area contributed by atoms with E-state index in [1.807, 2.05) is 0 Å². The Hall–Kier alpha value is -1.42. The lowest BCUT2D eigenvalue weighted by Gasteiger charge is -2.40. The number of nitrogens with two attached hydrogens (primary N) is 1. The molecule has 6 N–H and O–H groups in total. The molecule has 1 aromatic rings. The van der Waals surface area contributed by atoms with Crippen molar-refractivity contribution in [1.82, 2.24) is 0 Å². The standard InChI is InChI=1S/C14H21NO7/c15-5-6-20-14-13(19)12(18)11(17)10(22-14)7-21-9-3-1-8(16)2-4-9/h1-4,10-14,16-19H,5-7,15H2. The molecule has 1 aliphatic rings. The molecule has 1 aliphatic heterocycles. The highest BCUT2D eigenvalue weighted by molar-refractivity contribution is 5.30. The van der Waals surface area contributed by atoms with Gasteiger partial charge in [0.05, 0.1) is 6.61 Å². The molecule has 0 radical (unpaired) electrons. The normalized spacial score (nSPS) is 31.9. The Kier molecular flexibility index (Phi) is 5.95. The first-order chi connectivity index (χ1) is 10.5. The summed E-state index contributed by atoms with van der Waals surface area (Å²) in [6.07, 6.45) is -6.06. The van der Waals surface area contributed by atoms with Gasteiger partial charge in [0, 0.05) is 6.54 Å². The summed E-state index contributed by atoms with van der Waals surface area (Å²) in [5.41, 5.74) is 5.32. The van der Waals surface area contributed by atoms with Gasteiger partial charge in [0.1, 0.15) is 42.5 Å². The highest BCUT2D eigenvalue weighted by atomic mass is 16.7. The molecule has 0 aromatic heterocycles. The molecule has 5 atom stereocenters. The molecule has 1 heterocycles. The van der Waals surface area contributed by atoms with Crippen molar-refractivity contribution < 1.29 is 34.6 Å². The summed E-state index contributed by atoms with van der Waals surface area (Å²) >= 11 is 0. The summed E-state index contributed by atoms with van der Waals surface area (Å²) in [5.74, 6) is 0.573. The van der Waals surface area contributed by atoms with Gasteiger partial charge in [0.15, 0.2) is 6.29 Å². The van der Waals surface area contributed by atoms with Gasteiger partial charge >= 0.3 is 0 Å². The number of aromatic hydroxyl groups is 1. The van der Waals surface area contributed by atoms with E-state index in [4.69, 9.17) is 19.9 Å². The lowest BCUT2D eigenvalue weighted by molar-refractivity contribution is -0.299. The van der Waals surface area contributed by atoms with Crippen LogP contribution >= 0.6 is 0 Å². The fourth-order valence-electron chi connectivity index (χ4n) is 2.10. The van der Waals surface area contributed by atoms with Crippen molar-refractivity contribution in [2.24, 2.45) is 5.73 Å². The van der Waals surface area contributed by atoms with Gasteiger partial charge in [0.25, 0.3) is 0 Å². The van der Waals surface area contributed by atoms with Gasteiger partial charge in [-0.2, -0.15) is 0 Å². The zero-order valence-corrected chi connectivity index (χ0v) is 11.9. The topological polar surface area (TPSA) is 135 Å². The zero-order chi connectivity index (χ0) is 16.1. The Labute approximate surface area is 127 Å². The third-order valence-corrected chi connectivity index (χ3v) is 3.32. The van der Waals surface area contributed by atoms with E-state index in [0.29, 0.717) is 5.75 Å². The Morgan fingerprint density at radius 3 is 2.36 bits per heavy atom. The first kappa shape index (κ1) is 16.9. The summed E-state index contributed by atoms with van der Waals surface area (Å²) in [6, 6.07) is 6.02. The highest BCUT2D eigenvalue weighted by Crippen LogP contribution is 2.23. The predicted octanol–water partition coefficient (Wildman–Crippen LogP) is -1.45. The largest absolute Gasteiger partial charge is 0.508 e. The van der Waals surface area contributed by atoms with Crippen molar-refractivity contribution in [3.8, 4) is 11.5 Å². The van der Waals surface area contributed by atoms with Crippen LogP contribution in [0.25, 0.3) is 0 Å². The maximum Gasteiger partial charge on any atom is 0.186 e. The van der Waals surface area contributed by atoms with Crippen molar-refractivity contribution in [3.05, 3.63) is 24.3 Å². The van der Waals surface area contributed by atoms with E-state index in [1.54, 1.807) is 12.1 Å². The number of phenols is 1. The van der Waals surface area contributed by atoms with Crippen LogP contribution in [0, 0.1) is 0 Å². The second-order valence-electron chi connectivity index (χ2n) is 4.98. The average Bonchev–Trinajstić information content (AvgIpc) is 2.52. The predicted molar refractivity (Wildman–Crippen MR) is 75.3 cm³/mol. The monoisotopic (exact) mass is 315 g/mol. The van der Waals surface area contributed by atoms with Crippen LogP contribution in [-0.4, -0.2) is 70.9 Å². The quantitative estimate of drug-likeness (QED) is 0.430. The van der Waals surface area contributed by atoms with Crippen LogP contribution in [0.2, 0.25) is 0 Å². The molecule has 0 amide bonds. The van der Waals surface area contributed by atoms with Gasteiger partial charge in [-0.3, -0.25) is 0 Å². The number of hydrogen-bond acceptors (Lipinski definition) is 8. The summed E-state index contributed by atoms with van der Waals surface area (Å²) in [5, 5.41) is 38.8. The molecule has 0 bridgehead atoms. The second kappa shape index (κ2) is 7.73. The molecule has 1 aromatic carbocycles. The van der Waals surface area contributed by atoms with Gasteiger partial charge in [-0.25, -0.2) is 0 Å². The number of rotatable bonds is 6. The smallest absolute Gasteiger partial charge is 0.186 e. The fourth-order valence-corrected chi connectivity index (χ4v) is 2.10. The second-order valence-corrected chi connectivity index (χ2v) is 4.98. The Bertz CT molecular complexity index is 455. The molecule has 0 spiro atoms. The van der Waals surface area contributed by atoms with Crippen molar-refractivity contribution in [2.75, 3.05) is 19.8 Å². The minimum absolute atomic E-state index is 0.0573. The summed E-state index contributed by atoms with van der Waals surface area (Å²) in [4.78, 5) is 0. The number of aliphatic hydroxyl groups excluding tert-OH is 3. The van der Waals surface area contributed by atoms with Crippen LogP contribution in [0.5, 0.6) is 11.5 Å². The molecule has 1 saturated heterocycles. The fraction of sp³-hybridized carbons (Fsp3) is 0.571. The molecule has 8 heteroatoms. The van der Waals surface area contributed by atoms with E-state index >= 15 is 0 Å². The van der Waals surface area contributed by atoms with Crippen LogP contribution in [0.15, 0.2) is 24.3 Å². The Morgan fingerprint density at radius 1 is 1.05 bits per heavy atom. The molecule has 22 heavy (non-hydrogen) atoms. The molecule has 124 valence electrons. The van der Waals surface area contributed by atoms with Gasteiger partial charge < -0.3 is 40.4 Å². The lowest BCUT2D eigenvalue weighted by Crippen LogP contribution is -2.59. The molecule has 0 aliphatic carbocycles. The van der Waals surface area contributed by atoms with Crippen LogP contribution in [0.1, 0.15) is 0 Å². The van der Waals surface area contributed by atoms with E-state index in [-0.39, 0.29) is 25.5 Å². The molecular weight excluding hydrogens is 294 g/mol. The van der Waals surface area contributed by atoms with Gasteiger partial charge in [-0.05, 0) is 24.3 Å². The minimum atomic E-state index is -1.41. The summed E-state index contributed by atoms with van der Waals surface area (Å²) < 4.78 is 16.1. The van der Waals surface area contributed by atoms with Crippen molar-refractivity contribution in [2.45, 2.75) is 30.7 Å². The zero-order valence-electron chi connectivity index (χ0n) is 11.9. The van der Waals surface area contributed by atoms with E-state index in [2.05, 4.69) is 0 Å². The van der Waals surface area contributed by atoms with E-state index in [1.165, 1.54) is 12.1 Å². The number of benzene rings is 1. The number of ether oxygens (including phenoxy) is 3. The number of hydrogen-bond donors (Lipinski definition) is 5. The van der Waals surface area contributed by atoms with Gasteiger partial charge in [-0.15, -0.1) is 0 Å². The van der Waals surface area contributed by atoms with Crippen molar-refractivity contribution >= 4 is 0 Å². The van der Waals surface area contributed by atoms with Gasteiger partial charge in [-0.1, -0.05) is 0 Å². The van der Waals surface area contributed by atoms with E-state index < -0.39 is 30.7 Å². The molecule has 8 nitrogen and oxygen atoms in total. The maximum absolute atomic E-state index is 9.94. The molecule has 2 rings (SSSR count). The van der Waals surface area contributed by atoms with Crippen LogP contribution in [0.3, 0.4) is 0 Å². The third kappa shape index (κ3) is 4.07. The molecule has 5 unspecified atom stereocenters. The summed E-state index contributed by atoms with van der Waals surface area (Å²) in [7, 11) is 0. The van der Waals surface area contributed by atoms with E-state index in [9.17, 15) is 20.4 Å². The van der Waals surface area contributed by atoms with E-state index in [0.717, 1.165) is 0 Å². The Balaban J connectivity index is 1.94. The van der Waals surface area contributed by atoms with Crippen molar-refractivity contribution in [1.29, 1.82) is 0 Å². The van der Waals surface area contributed by atoms with Gasteiger partial charge in [0.2, 0.25) is 0 Å². The van der Waals surface area contributed by atoms with Crippen LogP contribution in [-0.2, 0) is 9.47 Å². The third-order valence-electron chi connectivity index (χ3n) is 3.32.